The van der Waals surface area contributed by atoms with Gasteiger partial charge in [-0.2, -0.15) is 0 Å². The van der Waals surface area contributed by atoms with Gasteiger partial charge in [0, 0.05) is 25.3 Å². The second-order valence-electron chi connectivity index (χ2n) is 6.74. The average Bonchev–Trinajstić information content (AvgIpc) is 2.47. The van der Waals surface area contributed by atoms with Crippen LogP contribution in [0.1, 0.15) is 39.5 Å². The number of ether oxygens (including phenoxy) is 1. The molecule has 0 radical (unpaired) electrons. The Balaban J connectivity index is 1.60. The van der Waals surface area contributed by atoms with Crippen LogP contribution in [0, 0.1) is 5.92 Å². The predicted molar refractivity (Wildman–Crippen MR) is 84.3 cm³/mol. The Bertz CT molecular complexity index is 309. The normalized spacial score (nSPS) is 22.6. The van der Waals surface area contributed by atoms with Crippen LogP contribution in [0.3, 0.4) is 0 Å². The van der Waals surface area contributed by atoms with Crippen LogP contribution in [0.5, 0.6) is 0 Å². The van der Waals surface area contributed by atoms with E-state index in [0.717, 1.165) is 51.6 Å². The highest BCUT2D eigenvalue weighted by molar-refractivity contribution is 5.78. The van der Waals surface area contributed by atoms with Crippen LogP contribution in [-0.2, 0) is 9.53 Å². The molecule has 0 saturated carbocycles. The van der Waals surface area contributed by atoms with Crippen molar-refractivity contribution in [2.45, 2.75) is 51.6 Å². The Morgan fingerprint density at radius 1 is 1.19 bits per heavy atom. The van der Waals surface area contributed by atoms with Gasteiger partial charge in [-0.3, -0.25) is 9.69 Å². The van der Waals surface area contributed by atoms with Crippen molar-refractivity contribution in [1.82, 2.24) is 15.5 Å². The van der Waals surface area contributed by atoms with Gasteiger partial charge >= 0.3 is 0 Å². The van der Waals surface area contributed by atoms with E-state index in [0.29, 0.717) is 18.6 Å². The third kappa shape index (κ3) is 6.32. The van der Waals surface area contributed by atoms with Crippen molar-refractivity contribution in [3.63, 3.8) is 0 Å². The van der Waals surface area contributed by atoms with Crippen LogP contribution in [0.25, 0.3) is 0 Å². The van der Waals surface area contributed by atoms with Crippen molar-refractivity contribution in [2.24, 2.45) is 5.92 Å². The number of hydrogen-bond acceptors (Lipinski definition) is 4. The first-order valence-corrected chi connectivity index (χ1v) is 8.46. The SMILES string of the molecule is CC(C)NCC1CCN(CC(=O)NC2CCOCC2)CC1. The zero-order valence-corrected chi connectivity index (χ0v) is 13.6. The quantitative estimate of drug-likeness (QED) is 0.768. The zero-order valence-electron chi connectivity index (χ0n) is 13.6. The summed E-state index contributed by atoms with van der Waals surface area (Å²) in [7, 11) is 0. The van der Waals surface area contributed by atoms with Crippen LogP contribution in [0.2, 0.25) is 0 Å². The molecule has 0 atom stereocenters. The van der Waals surface area contributed by atoms with E-state index in [-0.39, 0.29) is 5.91 Å². The molecule has 122 valence electrons. The van der Waals surface area contributed by atoms with Crippen molar-refractivity contribution in [3.05, 3.63) is 0 Å². The van der Waals surface area contributed by atoms with Gasteiger partial charge in [-0.1, -0.05) is 13.8 Å². The molecule has 0 spiro atoms. The molecule has 0 aromatic rings. The van der Waals surface area contributed by atoms with Crippen molar-refractivity contribution >= 4 is 5.91 Å². The molecule has 0 unspecified atom stereocenters. The summed E-state index contributed by atoms with van der Waals surface area (Å²) in [5, 5.41) is 6.66. The molecular weight excluding hydrogens is 266 g/mol. The summed E-state index contributed by atoms with van der Waals surface area (Å²) >= 11 is 0. The molecule has 2 N–H and O–H groups in total. The largest absolute Gasteiger partial charge is 0.381 e. The molecule has 2 aliphatic heterocycles. The first-order valence-electron chi connectivity index (χ1n) is 8.46. The molecule has 2 saturated heterocycles. The fourth-order valence-electron chi connectivity index (χ4n) is 3.07. The van der Waals surface area contributed by atoms with Crippen LogP contribution < -0.4 is 10.6 Å². The Morgan fingerprint density at radius 3 is 2.48 bits per heavy atom. The van der Waals surface area contributed by atoms with Gasteiger partial charge in [-0.05, 0) is 51.2 Å². The summed E-state index contributed by atoms with van der Waals surface area (Å²) < 4.78 is 5.32. The van der Waals surface area contributed by atoms with E-state index in [4.69, 9.17) is 4.74 Å². The number of rotatable bonds is 6. The van der Waals surface area contributed by atoms with Crippen molar-refractivity contribution in [1.29, 1.82) is 0 Å². The fraction of sp³-hybridized carbons (Fsp3) is 0.938. The number of piperidine rings is 1. The summed E-state index contributed by atoms with van der Waals surface area (Å²) in [6, 6.07) is 0.882. The highest BCUT2D eigenvalue weighted by Crippen LogP contribution is 2.16. The topological polar surface area (TPSA) is 53.6 Å². The van der Waals surface area contributed by atoms with E-state index in [1.165, 1.54) is 12.8 Å². The number of carbonyl (C=O) groups is 1. The zero-order chi connectivity index (χ0) is 15.1. The molecular formula is C16H31N3O2. The molecule has 0 aromatic carbocycles. The monoisotopic (exact) mass is 297 g/mol. The Kier molecular flexibility index (Phi) is 6.93. The van der Waals surface area contributed by atoms with E-state index < -0.39 is 0 Å². The van der Waals surface area contributed by atoms with E-state index in [1.54, 1.807) is 0 Å². The van der Waals surface area contributed by atoms with Gasteiger partial charge < -0.3 is 15.4 Å². The molecule has 2 heterocycles. The molecule has 0 aromatic heterocycles. The molecule has 21 heavy (non-hydrogen) atoms. The number of carbonyl (C=O) groups excluding carboxylic acids is 1. The molecule has 5 nitrogen and oxygen atoms in total. The summed E-state index contributed by atoms with van der Waals surface area (Å²) in [4.78, 5) is 14.4. The maximum Gasteiger partial charge on any atom is 0.234 e. The average molecular weight is 297 g/mol. The highest BCUT2D eigenvalue weighted by Gasteiger charge is 2.22. The molecule has 2 fully saturated rings. The lowest BCUT2D eigenvalue weighted by atomic mass is 9.96. The minimum absolute atomic E-state index is 0.181. The summed E-state index contributed by atoms with van der Waals surface area (Å²) in [5.41, 5.74) is 0. The predicted octanol–water partition coefficient (Wildman–Crippen LogP) is 0.992. The number of nitrogens with zero attached hydrogens (tertiary/aromatic N) is 1. The van der Waals surface area contributed by atoms with Crippen molar-refractivity contribution in [2.75, 3.05) is 39.4 Å². The van der Waals surface area contributed by atoms with Crippen molar-refractivity contribution < 1.29 is 9.53 Å². The van der Waals surface area contributed by atoms with E-state index in [9.17, 15) is 4.79 Å². The highest BCUT2D eigenvalue weighted by atomic mass is 16.5. The second kappa shape index (κ2) is 8.71. The van der Waals surface area contributed by atoms with Crippen LogP contribution in [0.15, 0.2) is 0 Å². The molecule has 0 bridgehead atoms. The van der Waals surface area contributed by atoms with Gasteiger partial charge in [0.25, 0.3) is 0 Å². The van der Waals surface area contributed by atoms with Crippen LogP contribution in [0.4, 0.5) is 0 Å². The Morgan fingerprint density at radius 2 is 1.86 bits per heavy atom. The van der Waals surface area contributed by atoms with Gasteiger partial charge in [-0.15, -0.1) is 0 Å². The first-order chi connectivity index (χ1) is 10.1. The Hall–Kier alpha value is -0.650. The third-order valence-electron chi connectivity index (χ3n) is 4.48. The van der Waals surface area contributed by atoms with E-state index in [2.05, 4.69) is 29.4 Å². The van der Waals surface area contributed by atoms with Gasteiger partial charge in [0.05, 0.1) is 6.54 Å². The smallest absolute Gasteiger partial charge is 0.234 e. The maximum absolute atomic E-state index is 12.1. The standard InChI is InChI=1S/C16H31N3O2/c1-13(2)17-11-14-3-7-19(8-4-14)12-16(20)18-15-5-9-21-10-6-15/h13-15,17H,3-12H2,1-2H3,(H,18,20). The molecule has 2 aliphatic rings. The van der Waals surface area contributed by atoms with Crippen LogP contribution >= 0.6 is 0 Å². The lowest BCUT2D eigenvalue weighted by Gasteiger charge is -2.32. The molecule has 5 heteroatoms. The minimum atomic E-state index is 0.181. The summed E-state index contributed by atoms with van der Waals surface area (Å²) in [6.07, 6.45) is 4.30. The number of hydrogen-bond donors (Lipinski definition) is 2. The molecule has 2 rings (SSSR count). The number of amides is 1. The lowest BCUT2D eigenvalue weighted by molar-refractivity contribution is -0.123. The molecule has 0 aliphatic carbocycles. The van der Waals surface area contributed by atoms with Gasteiger partial charge in [-0.25, -0.2) is 0 Å². The van der Waals surface area contributed by atoms with Gasteiger partial charge in [0.15, 0.2) is 0 Å². The maximum atomic E-state index is 12.1. The summed E-state index contributed by atoms with van der Waals surface area (Å²) in [6.45, 7) is 9.70. The molecule has 1 amide bonds. The first kappa shape index (κ1) is 16.7. The number of likely N-dealkylation sites (tertiary alicyclic amines) is 1. The summed E-state index contributed by atoms with van der Waals surface area (Å²) in [5.74, 6) is 0.947. The second-order valence-corrected chi connectivity index (χ2v) is 6.74. The van der Waals surface area contributed by atoms with Crippen LogP contribution in [-0.4, -0.2) is 62.3 Å². The Labute approximate surface area is 128 Å². The fourth-order valence-corrected chi connectivity index (χ4v) is 3.07. The van der Waals surface area contributed by atoms with Gasteiger partial charge in [0.1, 0.15) is 0 Å². The lowest BCUT2D eigenvalue weighted by Crippen LogP contribution is -2.46. The van der Waals surface area contributed by atoms with E-state index in [1.807, 2.05) is 0 Å². The van der Waals surface area contributed by atoms with E-state index >= 15 is 0 Å². The number of nitrogens with one attached hydrogen (secondary N) is 2. The minimum Gasteiger partial charge on any atom is -0.381 e. The van der Waals surface area contributed by atoms with Crippen molar-refractivity contribution in [3.8, 4) is 0 Å². The third-order valence-corrected chi connectivity index (χ3v) is 4.48. The van der Waals surface area contributed by atoms with Gasteiger partial charge in [0.2, 0.25) is 5.91 Å².